The summed E-state index contributed by atoms with van der Waals surface area (Å²) in [5.41, 5.74) is 4.02. The summed E-state index contributed by atoms with van der Waals surface area (Å²) in [6.45, 7) is 4.96. The Kier molecular flexibility index (Phi) is 7.35. The van der Waals surface area contributed by atoms with Crippen molar-refractivity contribution in [2.24, 2.45) is 0 Å². The van der Waals surface area contributed by atoms with Gasteiger partial charge in [-0.3, -0.25) is 9.69 Å². The van der Waals surface area contributed by atoms with Gasteiger partial charge >= 0.3 is 0 Å². The van der Waals surface area contributed by atoms with Crippen LogP contribution in [0.5, 0.6) is 0 Å². The Morgan fingerprint density at radius 1 is 1.06 bits per heavy atom. The van der Waals surface area contributed by atoms with E-state index in [1.165, 1.54) is 23.8 Å². The molecule has 2 N–H and O–H groups in total. The molecule has 33 heavy (non-hydrogen) atoms. The molecule has 1 aromatic heterocycles. The molecule has 1 amide bonds. The summed E-state index contributed by atoms with van der Waals surface area (Å²) in [7, 11) is 0. The zero-order valence-corrected chi connectivity index (χ0v) is 19.5. The maximum atomic E-state index is 13.5. The SMILES string of the molecule is Cl.O=C(Nc1ccccc1-c1nc2c(CN3CCNCC3)cccc2s1)c1cccc(F)c1. The van der Waals surface area contributed by atoms with E-state index in [1.807, 2.05) is 24.3 Å². The third-order valence-electron chi connectivity index (χ3n) is 5.60. The van der Waals surface area contributed by atoms with Crippen LogP contribution in [0.2, 0.25) is 0 Å². The van der Waals surface area contributed by atoms with Crippen molar-refractivity contribution in [1.82, 2.24) is 15.2 Å². The van der Waals surface area contributed by atoms with Crippen LogP contribution < -0.4 is 10.6 Å². The first kappa shape index (κ1) is 23.3. The van der Waals surface area contributed by atoms with Crippen LogP contribution in [0.25, 0.3) is 20.8 Å². The lowest BCUT2D eigenvalue weighted by atomic mass is 10.1. The molecule has 1 aliphatic heterocycles. The Hall–Kier alpha value is -2.84. The summed E-state index contributed by atoms with van der Waals surface area (Å²) >= 11 is 1.61. The summed E-state index contributed by atoms with van der Waals surface area (Å²) in [5.74, 6) is -0.786. The molecule has 1 saturated heterocycles. The van der Waals surface area contributed by atoms with Crippen LogP contribution in [0.3, 0.4) is 0 Å². The molecule has 0 aliphatic carbocycles. The van der Waals surface area contributed by atoms with Crippen LogP contribution >= 0.6 is 23.7 Å². The number of nitrogens with one attached hydrogen (secondary N) is 2. The highest BCUT2D eigenvalue weighted by Gasteiger charge is 2.17. The van der Waals surface area contributed by atoms with Gasteiger partial charge in [0.05, 0.1) is 15.9 Å². The summed E-state index contributed by atoms with van der Waals surface area (Å²) in [4.78, 5) is 20.1. The fourth-order valence-electron chi connectivity index (χ4n) is 3.96. The van der Waals surface area contributed by atoms with Crippen molar-refractivity contribution < 1.29 is 9.18 Å². The Morgan fingerprint density at radius 3 is 2.67 bits per heavy atom. The number of nitrogens with zero attached hydrogens (tertiary/aromatic N) is 2. The van der Waals surface area contributed by atoms with Gasteiger partial charge in [-0.25, -0.2) is 9.37 Å². The number of piperazine rings is 1. The topological polar surface area (TPSA) is 57.3 Å². The van der Waals surface area contributed by atoms with E-state index in [1.54, 1.807) is 17.4 Å². The van der Waals surface area contributed by atoms with Crippen molar-refractivity contribution in [2.45, 2.75) is 6.54 Å². The van der Waals surface area contributed by atoms with Crippen LogP contribution in [-0.2, 0) is 6.54 Å². The minimum atomic E-state index is -0.436. The molecule has 8 heteroatoms. The molecule has 0 unspecified atom stereocenters. The van der Waals surface area contributed by atoms with Gasteiger partial charge in [0, 0.05) is 43.9 Å². The standard InChI is InChI=1S/C25H23FN4OS.ClH/c26-19-7-3-5-17(15-19)24(31)28-21-9-2-1-8-20(21)25-29-23-18(6-4-10-22(23)32-25)16-30-13-11-27-12-14-30;/h1-10,15,27H,11-14,16H2,(H,28,31);1H. The van der Waals surface area contributed by atoms with E-state index in [0.717, 1.165) is 53.5 Å². The number of carbonyl (C=O) groups excluding carboxylic acids is 1. The van der Waals surface area contributed by atoms with Gasteiger partial charge in [0.1, 0.15) is 10.8 Å². The number of carbonyl (C=O) groups is 1. The van der Waals surface area contributed by atoms with E-state index in [9.17, 15) is 9.18 Å². The number of aromatic nitrogens is 1. The maximum absolute atomic E-state index is 13.5. The molecular formula is C25H24ClFN4OS. The number of amides is 1. The largest absolute Gasteiger partial charge is 0.321 e. The van der Waals surface area contributed by atoms with Crippen molar-refractivity contribution >= 4 is 45.6 Å². The van der Waals surface area contributed by atoms with E-state index < -0.39 is 5.82 Å². The molecule has 0 radical (unpaired) electrons. The third kappa shape index (κ3) is 5.23. The minimum Gasteiger partial charge on any atom is -0.321 e. The van der Waals surface area contributed by atoms with Gasteiger partial charge in [0.15, 0.2) is 0 Å². The van der Waals surface area contributed by atoms with Crippen molar-refractivity contribution in [2.75, 3.05) is 31.5 Å². The Bertz CT molecular complexity index is 1270. The molecule has 170 valence electrons. The average molecular weight is 483 g/mol. The molecule has 1 aliphatic rings. The normalized spacial score (nSPS) is 14.1. The first-order chi connectivity index (χ1) is 15.7. The van der Waals surface area contributed by atoms with Gasteiger partial charge in [0.2, 0.25) is 0 Å². The highest BCUT2D eigenvalue weighted by atomic mass is 35.5. The predicted molar refractivity (Wildman–Crippen MR) is 135 cm³/mol. The van der Waals surface area contributed by atoms with Crippen molar-refractivity contribution in [3.05, 3.63) is 83.7 Å². The average Bonchev–Trinajstić information content (AvgIpc) is 3.25. The van der Waals surface area contributed by atoms with Crippen LogP contribution in [0.1, 0.15) is 15.9 Å². The molecular weight excluding hydrogens is 459 g/mol. The fourth-order valence-corrected chi connectivity index (χ4v) is 5.01. The van der Waals surface area contributed by atoms with Gasteiger partial charge < -0.3 is 10.6 Å². The van der Waals surface area contributed by atoms with Crippen LogP contribution in [0.4, 0.5) is 10.1 Å². The maximum Gasteiger partial charge on any atom is 0.255 e. The van der Waals surface area contributed by atoms with E-state index in [2.05, 4.69) is 33.7 Å². The van der Waals surface area contributed by atoms with Gasteiger partial charge in [-0.2, -0.15) is 0 Å². The number of fused-ring (bicyclic) bond motifs is 1. The van der Waals surface area contributed by atoms with Gasteiger partial charge in [-0.05, 0) is 42.0 Å². The van der Waals surface area contributed by atoms with Crippen molar-refractivity contribution in [1.29, 1.82) is 0 Å². The van der Waals surface area contributed by atoms with E-state index >= 15 is 0 Å². The lowest BCUT2D eigenvalue weighted by Crippen LogP contribution is -2.42. The van der Waals surface area contributed by atoms with Gasteiger partial charge in [-0.1, -0.05) is 30.3 Å². The third-order valence-corrected chi connectivity index (χ3v) is 6.65. The van der Waals surface area contributed by atoms with E-state index in [4.69, 9.17) is 4.98 Å². The minimum absolute atomic E-state index is 0. The summed E-state index contributed by atoms with van der Waals surface area (Å²) in [6, 6.07) is 19.6. The monoisotopic (exact) mass is 482 g/mol. The molecule has 0 bridgehead atoms. The molecule has 5 rings (SSSR count). The molecule has 4 aromatic rings. The zero-order chi connectivity index (χ0) is 21.9. The quantitative estimate of drug-likeness (QED) is 0.411. The Morgan fingerprint density at radius 2 is 1.85 bits per heavy atom. The molecule has 3 aromatic carbocycles. The zero-order valence-electron chi connectivity index (χ0n) is 17.9. The van der Waals surface area contributed by atoms with Crippen LogP contribution in [0, 0.1) is 5.82 Å². The van der Waals surface area contributed by atoms with Gasteiger partial charge in [-0.15, -0.1) is 23.7 Å². The Balaban J connectivity index is 0.00000259. The molecule has 0 spiro atoms. The Labute approximate surface area is 202 Å². The second kappa shape index (κ2) is 10.4. The summed E-state index contributed by atoms with van der Waals surface area (Å²) in [5, 5.41) is 7.16. The summed E-state index contributed by atoms with van der Waals surface area (Å²) in [6.07, 6.45) is 0. The lowest BCUT2D eigenvalue weighted by Gasteiger charge is -2.27. The number of hydrogen-bond acceptors (Lipinski definition) is 5. The smallest absolute Gasteiger partial charge is 0.255 e. The number of para-hydroxylation sites is 2. The molecule has 0 saturated carbocycles. The predicted octanol–water partition coefficient (Wildman–Crippen LogP) is 5.18. The molecule has 2 heterocycles. The first-order valence-electron chi connectivity index (χ1n) is 10.7. The molecule has 0 atom stereocenters. The number of thiazole rings is 1. The van der Waals surface area contributed by atoms with E-state index in [0.29, 0.717) is 5.69 Å². The number of hydrogen-bond donors (Lipinski definition) is 2. The highest BCUT2D eigenvalue weighted by Crippen LogP contribution is 2.36. The first-order valence-corrected chi connectivity index (χ1v) is 11.5. The van der Waals surface area contributed by atoms with Crippen molar-refractivity contribution in [3.8, 4) is 10.6 Å². The summed E-state index contributed by atoms with van der Waals surface area (Å²) < 4.78 is 14.7. The van der Waals surface area contributed by atoms with Crippen LogP contribution in [0.15, 0.2) is 66.7 Å². The molecule has 1 fully saturated rings. The lowest BCUT2D eigenvalue weighted by molar-refractivity contribution is 0.102. The fraction of sp³-hybridized carbons (Fsp3) is 0.200. The number of rotatable bonds is 5. The number of anilines is 1. The number of benzene rings is 3. The second-order valence-corrected chi connectivity index (χ2v) is 8.85. The highest BCUT2D eigenvalue weighted by molar-refractivity contribution is 7.21. The van der Waals surface area contributed by atoms with Crippen molar-refractivity contribution in [3.63, 3.8) is 0 Å². The van der Waals surface area contributed by atoms with E-state index in [-0.39, 0.29) is 23.9 Å². The molecule has 5 nitrogen and oxygen atoms in total. The number of halogens is 2. The van der Waals surface area contributed by atoms with Crippen LogP contribution in [-0.4, -0.2) is 42.0 Å². The second-order valence-electron chi connectivity index (χ2n) is 7.82. The van der Waals surface area contributed by atoms with Gasteiger partial charge in [0.25, 0.3) is 5.91 Å².